The number of carbonyl (C=O) groups excluding carboxylic acids is 2. The van der Waals surface area contributed by atoms with Gasteiger partial charge >= 0.3 is 0 Å². The molecule has 0 atom stereocenters. The van der Waals surface area contributed by atoms with Crippen molar-refractivity contribution in [3.63, 3.8) is 0 Å². The van der Waals surface area contributed by atoms with E-state index in [-0.39, 0.29) is 17.6 Å². The molecule has 0 spiro atoms. The van der Waals surface area contributed by atoms with E-state index in [1.165, 1.54) is 0 Å². The number of ether oxygens (including phenoxy) is 1. The number of nitrogens with zero attached hydrogens (tertiary/aromatic N) is 1. The monoisotopic (exact) mass is 343 g/mol. The fourth-order valence-corrected chi connectivity index (χ4v) is 2.55. The molecule has 0 unspecified atom stereocenters. The summed E-state index contributed by atoms with van der Waals surface area (Å²) in [6.07, 6.45) is 0. The minimum atomic E-state index is -0.308. The van der Waals surface area contributed by atoms with Crippen molar-refractivity contribution in [3.8, 4) is 0 Å². The summed E-state index contributed by atoms with van der Waals surface area (Å²) in [7, 11) is 0. The Balaban J connectivity index is 1.51. The number of carbonyl (C=O) groups is 2. The van der Waals surface area contributed by atoms with Crippen molar-refractivity contribution in [2.75, 3.05) is 43.5 Å². The number of benzene rings is 1. The molecule has 2 aromatic rings. The fraction of sp³-hybridized carbons (Fsp3) is 0.333. The maximum atomic E-state index is 12.1. The van der Waals surface area contributed by atoms with Gasteiger partial charge in [-0.05, 0) is 43.3 Å². The number of aryl methyl sites for hydroxylation is 1. The van der Waals surface area contributed by atoms with Gasteiger partial charge in [0.1, 0.15) is 5.76 Å². The topological polar surface area (TPSA) is 83.8 Å². The van der Waals surface area contributed by atoms with Gasteiger partial charge in [-0.15, -0.1) is 0 Å². The maximum Gasteiger partial charge on any atom is 0.291 e. The number of morpholine rings is 1. The first-order chi connectivity index (χ1) is 12.1. The standard InChI is InChI=1S/C18H21N3O4/c1-13-2-7-16(25-13)18(23)20-15-5-3-14(4-6-15)19-17(22)12-21-8-10-24-11-9-21/h2-7H,8-12H2,1H3,(H,19,22)(H,20,23). The van der Waals surface area contributed by atoms with Crippen LogP contribution in [0.15, 0.2) is 40.8 Å². The average Bonchev–Trinajstić information content (AvgIpc) is 3.04. The first kappa shape index (κ1) is 17.2. The molecule has 25 heavy (non-hydrogen) atoms. The lowest BCUT2D eigenvalue weighted by atomic mass is 10.2. The van der Waals surface area contributed by atoms with E-state index in [9.17, 15) is 9.59 Å². The summed E-state index contributed by atoms with van der Waals surface area (Å²) < 4.78 is 10.5. The molecule has 0 radical (unpaired) electrons. The Kier molecular flexibility index (Phi) is 5.47. The second-order valence-electron chi connectivity index (χ2n) is 5.88. The molecule has 3 rings (SSSR count). The van der Waals surface area contributed by atoms with Crippen molar-refractivity contribution in [3.05, 3.63) is 47.9 Å². The summed E-state index contributed by atoms with van der Waals surface area (Å²) in [5.74, 6) is 0.575. The lowest BCUT2D eigenvalue weighted by Crippen LogP contribution is -2.41. The van der Waals surface area contributed by atoms with Crippen LogP contribution in [0, 0.1) is 6.92 Å². The van der Waals surface area contributed by atoms with E-state index in [0.29, 0.717) is 36.9 Å². The van der Waals surface area contributed by atoms with Crippen LogP contribution in [0.5, 0.6) is 0 Å². The van der Waals surface area contributed by atoms with Crippen molar-refractivity contribution >= 4 is 23.2 Å². The van der Waals surface area contributed by atoms with Crippen LogP contribution in [-0.4, -0.2) is 49.6 Å². The SMILES string of the molecule is Cc1ccc(C(=O)Nc2ccc(NC(=O)CN3CCOCC3)cc2)o1. The van der Waals surface area contributed by atoms with E-state index in [0.717, 1.165) is 13.1 Å². The molecular formula is C18H21N3O4. The van der Waals surface area contributed by atoms with Gasteiger partial charge in [-0.1, -0.05) is 0 Å². The third-order valence-electron chi connectivity index (χ3n) is 3.86. The fourth-order valence-electron chi connectivity index (χ4n) is 2.55. The van der Waals surface area contributed by atoms with Crippen LogP contribution in [0.4, 0.5) is 11.4 Å². The van der Waals surface area contributed by atoms with Crippen molar-refractivity contribution in [1.29, 1.82) is 0 Å². The number of hydrogen-bond donors (Lipinski definition) is 2. The molecule has 1 aromatic carbocycles. The van der Waals surface area contributed by atoms with Gasteiger partial charge in [0.05, 0.1) is 19.8 Å². The predicted octanol–water partition coefficient (Wildman–Crippen LogP) is 2.11. The third-order valence-corrected chi connectivity index (χ3v) is 3.86. The first-order valence-electron chi connectivity index (χ1n) is 8.18. The Hall–Kier alpha value is -2.64. The molecule has 2 heterocycles. The maximum absolute atomic E-state index is 12.1. The number of furan rings is 1. The normalized spacial score (nSPS) is 14.9. The van der Waals surface area contributed by atoms with Crippen LogP contribution in [0.25, 0.3) is 0 Å². The lowest BCUT2D eigenvalue weighted by molar-refractivity contribution is -0.118. The van der Waals surface area contributed by atoms with E-state index in [2.05, 4.69) is 15.5 Å². The van der Waals surface area contributed by atoms with E-state index in [1.54, 1.807) is 43.3 Å². The molecule has 1 fully saturated rings. The van der Waals surface area contributed by atoms with E-state index in [4.69, 9.17) is 9.15 Å². The largest absolute Gasteiger partial charge is 0.456 e. The lowest BCUT2D eigenvalue weighted by Gasteiger charge is -2.25. The minimum Gasteiger partial charge on any atom is -0.456 e. The van der Waals surface area contributed by atoms with E-state index in [1.807, 2.05) is 0 Å². The average molecular weight is 343 g/mol. The number of hydrogen-bond acceptors (Lipinski definition) is 5. The molecule has 7 nitrogen and oxygen atoms in total. The Labute approximate surface area is 145 Å². The molecule has 1 aliphatic rings. The molecule has 0 saturated carbocycles. The van der Waals surface area contributed by atoms with Gasteiger partial charge in [-0.2, -0.15) is 0 Å². The van der Waals surface area contributed by atoms with Crippen LogP contribution in [0.2, 0.25) is 0 Å². The summed E-state index contributed by atoms with van der Waals surface area (Å²) in [6, 6.07) is 10.3. The Morgan fingerprint density at radius 3 is 2.24 bits per heavy atom. The van der Waals surface area contributed by atoms with Crippen LogP contribution in [0.3, 0.4) is 0 Å². The van der Waals surface area contributed by atoms with Gasteiger partial charge in [0, 0.05) is 24.5 Å². The number of rotatable bonds is 5. The van der Waals surface area contributed by atoms with Gasteiger partial charge < -0.3 is 19.8 Å². The van der Waals surface area contributed by atoms with Crippen LogP contribution in [-0.2, 0) is 9.53 Å². The Bertz CT molecular complexity index is 733. The van der Waals surface area contributed by atoms with Crippen molar-refractivity contribution in [2.45, 2.75) is 6.92 Å². The Morgan fingerprint density at radius 2 is 1.64 bits per heavy atom. The molecule has 0 bridgehead atoms. The Morgan fingerprint density at radius 1 is 1.00 bits per heavy atom. The predicted molar refractivity (Wildman–Crippen MR) is 93.7 cm³/mol. The number of amides is 2. The second kappa shape index (κ2) is 7.96. The van der Waals surface area contributed by atoms with Gasteiger partial charge in [0.25, 0.3) is 5.91 Å². The van der Waals surface area contributed by atoms with Crippen LogP contribution in [0.1, 0.15) is 16.3 Å². The highest BCUT2D eigenvalue weighted by molar-refractivity contribution is 6.02. The molecule has 2 amide bonds. The van der Waals surface area contributed by atoms with E-state index < -0.39 is 0 Å². The van der Waals surface area contributed by atoms with E-state index >= 15 is 0 Å². The van der Waals surface area contributed by atoms with Crippen molar-refractivity contribution in [2.24, 2.45) is 0 Å². The molecule has 2 N–H and O–H groups in total. The zero-order valence-electron chi connectivity index (χ0n) is 14.1. The first-order valence-corrected chi connectivity index (χ1v) is 8.18. The van der Waals surface area contributed by atoms with Gasteiger partial charge in [0.2, 0.25) is 5.91 Å². The zero-order chi connectivity index (χ0) is 17.6. The second-order valence-corrected chi connectivity index (χ2v) is 5.88. The van der Waals surface area contributed by atoms with Crippen molar-refractivity contribution < 1.29 is 18.7 Å². The number of anilines is 2. The minimum absolute atomic E-state index is 0.0650. The summed E-state index contributed by atoms with van der Waals surface area (Å²) >= 11 is 0. The summed E-state index contributed by atoms with van der Waals surface area (Å²) in [4.78, 5) is 26.1. The molecule has 7 heteroatoms. The summed E-state index contributed by atoms with van der Waals surface area (Å²) in [5.41, 5.74) is 1.32. The summed E-state index contributed by atoms with van der Waals surface area (Å²) in [6.45, 7) is 4.99. The quantitative estimate of drug-likeness (QED) is 0.869. The summed E-state index contributed by atoms with van der Waals surface area (Å²) in [5, 5.41) is 5.60. The zero-order valence-corrected chi connectivity index (χ0v) is 14.1. The van der Waals surface area contributed by atoms with Gasteiger partial charge in [0.15, 0.2) is 5.76 Å². The van der Waals surface area contributed by atoms with Crippen LogP contribution >= 0.6 is 0 Å². The molecular weight excluding hydrogens is 322 g/mol. The van der Waals surface area contributed by atoms with Crippen molar-refractivity contribution in [1.82, 2.24) is 4.90 Å². The molecule has 1 aliphatic heterocycles. The van der Waals surface area contributed by atoms with Gasteiger partial charge in [-0.25, -0.2) is 0 Å². The smallest absolute Gasteiger partial charge is 0.291 e. The highest BCUT2D eigenvalue weighted by Gasteiger charge is 2.14. The molecule has 1 saturated heterocycles. The molecule has 1 aromatic heterocycles. The molecule has 0 aliphatic carbocycles. The number of nitrogens with one attached hydrogen (secondary N) is 2. The highest BCUT2D eigenvalue weighted by atomic mass is 16.5. The molecule has 132 valence electrons. The highest BCUT2D eigenvalue weighted by Crippen LogP contribution is 2.15. The third kappa shape index (κ3) is 4.91. The van der Waals surface area contributed by atoms with Crippen LogP contribution < -0.4 is 10.6 Å². The van der Waals surface area contributed by atoms with Gasteiger partial charge in [-0.3, -0.25) is 14.5 Å².